The van der Waals surface area contributed by atoms with Gasteiger partial charge < -0.3 is 24.4 Å². The number of fused-ring (bicyclic) bond motifs is 2. The number of anilines is 1. The lowest BCUT2D eigenvalue weighted by Gasteiger charge is -2.34. The van der Waals surface area contributed by atoms with E-state index in [1.807, 2.05) is 30.0 Å². The Morgan fingerprint density at radius 3 is 2.62 bits per heavy atom. The summed E-state index contributed by atoms with van der Waals surface area (Å²) in [5.41, 5.74) is 2.08. The van der Waals surface area contributed by atoms with Gasteiger partial charge >= 0.3 is 0 Å². The molecular formula is C25H28N2O5. The third kappa shape index (κ3) is 3.99. The fourth-order valence-corrected chi connectivity index (χ4v) is 4.75. The summed E-state index contributed by atoms with van der Waals surface area (Å²) in [5.74, 6) is 1.76. The molecule has 3 aliphatic rings. The summed E-state index contributed by atoms with van der Waals surface area (Å²) in [4.78, 5) is 28.0. The normalized spacial score (nSPS) is 20.3. The predicted octanol–water partition coefficient (Wildman–Crippen LogP) is 4.50. The highest BCUT2D eigenvalue weighted by Gasteiger charge is 2.34. The van der Waals surface area contributed by atoms with Crippen molar-refractivity contribution >= 4 is 17.5 Å². The fourth-order valence-electron chi connectivity index (χ4n) is 4.75. The molecule has 32 heavy (non-hydrogen) atoms. The number of rotatable bonds is 4. The topological polar surface area (TPSA) is 77.1 Å². The van der Waals surface area contributed by atoms with Gasteiger partial charge in [-0.1, -0.05) is 26.2 Å². The van der Waals surface area contributed by atoms with E-state index in [1.165, 1.54) is 6.42 Å². The van der Waals surface area contributed by atoms with Crippen molar-refractivity contribution in [3.63, 3.8) is 0 Å². The third-order valence-corrected chi connectivity index (χ3v) is 6.51. The predicted molar refractivity (Wildman–Crippen MR) is 119 cm³/mol. The van der Waals surface area contributed by atoms with Crippen molar-refractivity contribution in [2.75, 3.05) is 12.1 Å². The Morgan fingerprint density at radius 1 is 1.03 bits per heavy atom. The van der Waals surface area contributed by atoms with E-state index < -0.39 is 6.10 Å². The highest BCUT2D eigenvalue weighted by atomic mass is 16.7. The molecule has 2 amide bonds. The molecule has 0 aromatic heterocycles. The molecule has 1 aliphatic carbocycles. The Morgan fingerprint density at radius 2 is 1.81 bits per heavy atom. The van der Waals surface area contributed by atoms with Gasteiger partial charge in [-0.15, -0.1) is 0 Å². The molecule has 168 valence electrons. The van der Waals surface area contributed by atoms with Gasteiger partial charge in [-0.2, -0.15) is 0 Å². The molecule has 1 N–H and O–H groups in total. The number of benzene rings is 2. The van der Waals surface area contributed by atoms with E-state index in [9.17, 15) is 9.59 Å². The second kappa shape index (κ2) is 8.73. The summed E-state index contributed by atoms with van der Waals surface area (Å²) in [6, 6.07) is 11.0. The highest BCUT2D eigenvalue weighted by molar-refractivity contribution is 6.04. The molecule has 2 heterocycles. The van der Waals surface area contributed by atoms with Gasteiger partial charge in [-0.25, -0.2) is 0 Å². The zero-order valence-electron chi connectivity index (χ0n) is 18.3. The number of ether oxygens (including phenoxy) is 3. The lowest BCUT2D eigenvalue weighted by atomic mass is 9.93. The first-order chi connectivity index (χ1) is 15.6. The maximum Gasteiger partial charge on any atom is 0.264 e. The number of amides is 2. The van der Waals surface area contributed by atoms with E-state index in [1.54, 1.807) is 18.2 Å². The van der Waals surface area contributed by atoms with Crippen LogP contribution in [0.4, 0.5) is 5.69 Å². The lowest BCUT2D eigenvalue weighted by Crippen LogP contribution is -2.45. The van der Waals surface area contributed by atoms with Gasteiger partial charge in [0, 0.05) is 29.4 Å². The van der Waals surface area contributed by atoms with Crippen LogP contribution in [0.1, 0.15) is 61.4 Å². The molecule has 2 aromatic rings. The Labute approximate surface area is 187 Å². The van der Waals surface area contributed by atoms with E-state index in [4.69, 9.17) is 14.2 Å². The van der Waals surface area contributed by atoms with Gasteiger partial charge in [0.2, 0.25) is 6.79 Å². The summed E-state index contributed by atoms with van der Waals surface area (Å²) in [6.07, 6.45) is 5.79. The van der Waals surface area contributed by atoms with E-state index in [0.717, 1.165) is 31.2 Å². The minimum absolute atomic E-state index is 0.0709. The van der Waals surface area contributed by atoms with Crippen molar-refractivity contribution in [3.8, 4) is 17.2 Å². The number of hydrogen-bond acceptors (Lipinski definition) is 5. The SMILES string of the molecule is CCC1Oc2ccc(NC(=O)c3ccc4c(c3)OCO4)cc2CN(C2CCCCC2)C1=O. The average molecular weight is 437 g/mol. The quantitative estimate of drug-likeness (QED) is 0.764. The maximum absolute atomic E-state index is 13.2. The first-order valence-electron chi connectivity index (χ1n) is 11.4. The van der Waals surface area contributed by atoms with Crippen LogP contribution in [0, 0.1) is 0 Å². The summed E-state index contributed by atoms with van der Waals surface area (Å²) in [6.45, 7) is 2.65. The number of carbonyl (C=O) groups is 2. The zero-order chi connectivity index (χ0) is 22.1. The Balaban J connectivity index is 1.38. The van der Waals surface area contributed by atoms with Crippen molar-refractivity contribution in [2.24, 2.45) is 0 Å². The second-order valence-corrected chi connectivity index (χ2v) is 8.62. The van der Waals surface area contributed by atoms with Gasteiger partial charge in [0.25, 0.3) is 11.8 Å². The summed E-state index contributed by atoms with van der Waals surface area (Å²) in [5, 5.41) is 2.96. The molecule has 0 radical (unpaired) electrons. The van der Waals surface area contributed by atoms with Crippen LogP contribution < -0.4 is 19.5 Å². The Hall–Kier alpha value is -3.22. The van der Waals surface area contributed by atoms with Gasteiger partial charge in [0.05, 0.1) is 0 Å². The van der Waals surface area contributed by atoms with Crippen molar-refractivity contribution in [3.05, 3.63) is 47.5 Å². The van der Waals surface area contributed by atoms with Gasteiger partial charge in [-0.05, 0) is 55.7 Å². The molecule has 7 heteroatoms. The number of carbonyl (C=O) groups excluding carboxylic acids is 2. The minimum atomic E-state index is -0.466. The van der Waals surface area contributed by atoms with Crippen LogP contribution in [0.25, 0.3) is 0 Å². The Bertz CT molecular complexity index is 1030. The summed E-state index contributed by atoms with van der Waals surface area (Å²) >= 11 is 0. The summed E-state index contributed by atoms with van der Waals surface area (Å²) < 4.78 is 16.8. The Kier molecular flexibility index (Phi) is 5.64. The molecule has 7 nitrogen and oxygen atoms in total. The minimum Gasteiger partial charge on any atom is -0.480 e. The van der Waals surface area contributed by atoms with Crippen LogP contribution >= 0.6 is 0 Å². The highest BCUT2D eigenvalue weighted by Crippen LogP contribution is 2.34. The van der Waals surface area contributed by atoms with Gasteiger partial charge in [0.1, 0.15) is 5.75 Å². The van der Waals surface area contributed by atoms with Crippen LogP contribution in [-0.2, 0) is 11.3 Å². The van der Waals surface area contributed by atoms with Gasteiger partial charge in [0.15, 0.2) is 17.6 Å². The van der Waals surface area contributed by atoms with Crippen LogP contribution in [0.3, 0.4) is 0 Å². The standard InChI is InChI=1S/C25H28N2O5/c1-2-20-25(29)27(19-6-4-3-5-7-19)14-17-12-18(9-11-21(17)32-20)26-24(28)16-8-10-22-23(13-16)31-15-30-22/h8-13,19-20H,2-7,14-15H2,1H3,(H,26,28). The molecule has 1 saturated carbocycles. The van der Waals surface area contributed by atoms with Crippen molar-refractivity contribution in [2.45, 2.75) is 64.1 Å². The molecule has 0 spiro atoms. The van der Waals surface area contributed by atoms with Crippen LogP contribution in [0.2, 0.25) is 0 Å². The van der Waals surface area contributed by atoms with Crippen LogP contribution in [0.5, 0.6) is 17.2 Å². The van der Waals surface area contributed by atoms with E-state index in [-0.39, 0.29) is 24.6 Å². The van der Waals surface area contributed by atoms with Gasteiger partial charge in [-0.3, -0.25) is 9.59 Å². The molecular weight excluding hydrogens is 408 g/mol. The molecule has 2 aliphatic heterocycles. The van der Waals surface area contributed by atoms with Crippen molar-refractivity contribution in [1.29, 1.82) is 0 Å². The largest absolute Gasteiger partial charge is 0.480 e. The molecule has 5 rings (SSSR count). The van der Waals surface area contributed by atoms with E-state index >= 15 is 0 Å². The third-order valence-electron chi connectivity index (χ3n) is 6.51. The van der Waals surface area contributed by atoms with E-state index in [2.05, 4.69) is 5.32 Å². The van der Waals surface area contributed by atoms with Crippen molar-refractivity contribution in [1.82, 2.24) is 4.90 Å². The fraction of sp³-hybridized carbons (Fsp3) is 0.440. The molecule has 2 aromatic carbocycles. The van der Waals surface area contributed by atoms with E-state index in [0.29, 0.717) is 41.5 Å². The first kappa shape index (κ1) is 20.7. The summed E-state index contributed by atoms with van der Waals surface area (Å²) in [7, 11) is 0. The number of hydrogen-bond donors (Lipinski definition) is 1. The number of nitrogens with one attached hydrogen (secondary N) is 1. The average Bonchev–Trinajstić information content (AvgIpc) is 3.24. The zero-order valence-corrected chi connectivity index (χ0v) is 18.3. The molecule has 1 atom stereocenters. The molecule has 0 bridgehead atoms. The van der Waals surface area contributed by atoms with Crippen LogP contribution in [-0.4, -0.2) is 35.7 Å². The molecule has 1 fully saturated rings. The molecule has 1 unspecified atom stereocenters. The van der Waals surface area contributed by atoms with Crippen LogP contribution in [0.15, 0.2) is 36.4 Å². The number of nitrogens with zero attached hydrogens (tertiary/aromatic N) is 1. The monoisotopic (exact) mass is 436 g/mol. The smallest absolute Gasteiger partial charge is 0.264 e. The maximum atomic E-state index is 13.2. The first-order valence-corrected chi connectivity index (χ1v) is 11.4. The lowest BCUT2D eigenvalue weighted by molar-refractivity contribution is -0.141. The van der Waals surface area contributed by atoms with Crippen molar-refractivity contribution < 1.29 is 23.8 Å². The second-order valence-electron chi connectivity index (χ2n) is 8.62. The molecule has 0 saturated heterocycles.